The van der Waals surface area contributed by atoms with Crippen LogP contribution in [0.1, 0.15) is 32.1 Å². The van der Waals surface area contributed by atoms with Crippen molar-refractivity contribution in [2.45, 2.75) is 38.1 Å². The molecule has 0 radical (unpaired) electrons. The molecule has 2 N–H and O–H groups in total. The first kappa shape index (κ1) is 12.2. The second-order valence-electron chi connectivity index (χ2n) is 5.68. The van der Waals surface area contributed by atoms with Crippen LogP contribution < -0.4 is 5.73 Å². The summed E-state index contributed by atoms with van der Waals surface area (Å²) in [7, 11) is 0. The van der Waals surface area contributed by atoms with E-state index in [4.69, 9.17) is 5.73 Å². The van der Waals surface area contributed by atoms with E-state index in [1.165, 1.54) is 32.1 Å². The second-order valence-corrected chi connectivity index (χ2v) is 5.68. The van der Waals surface area contributed by atoms with Gasteiger partial charge in [0.2, 0.25) is 5.91 Å². The monoisotopic (exact) mass is 244 g/mol. The lowest BCUT2D eigenvalue weighted by Gasteiger charge is -2.38. The Kier molecular flexibility index (Phi) is 3.45. The number of nitrogens with two attached hydrogens (primary N) is 1. The zero-order valence-electron chi connectivity index (χ0n) is 9.60. The topological polar surface area (TPSA) is 46.3 Å². The predicted octanol–water partition coefficient (Wildman–Crippen LogP) is 1.40. The van der Waals surface area contributed by atoms with E-state index in [9.17, 15) is 4.79 Å². The Hall–Kier alpha value is -0.280. The normalized spacial score (nSPS) is 40.4. The van der Waals surface area contributed by atoms with Crippen LogP contribution in [0.15, 0.2) is 0 Å². The van der Waals surface area contributed by atoms with Gasteiger partial charge in [0.15, 0.2) is 0 Å². The van der Waals surface area contributed by atoms with Gasteiger partial charge in [0.05, 0.1) is 6.54 Å². The van der Waals surface area contributed by atoms with Gasteiger partial charge in [0.25, 0.3) is 0 Å². The average Bonchev–Trinajstić information content (AvgIpc) is 2.42. The van der Waals surface area contributed by atoms with Crippen LogP contribution in [-0.2, 0) is 4.79 Å². The van der Waals surface area contributed by atoms with Gasteiger partial charge in [-0.1, -0.05) is 0 Å². The van der Waals surface area contributed by atoms with Gasteiger partial charge in [-0.15, -0.1) is 12.4 Å². The van der Waals surface area contributed by atoms with Gasteiger partial charge in [-0.3, -0.25) is 4.79 Å². The van der Waals surface area contributed by atoms with Gasteiger partial charge in [-0.25, -0.2) is 0 Å². The van der Waals surface area contributed by atoms with Crippen LogP contribution in [0.5, 0.6) is 0 Å². The van der Waals surface area contributed by atoms with Crippen molar-refractivity contribution in [3.8, 4) is 0 Å². The van der Waals surface area contributed by atoms with Crippen LogP contribution in [0.3, 0.4) is 0 Å². The Morgan fingerprint density at radius 3 is 2.19 bits per heavy atom. The highest BCUT2D eigenvalue weighted by atomic mass is 35.5. The van der Waals surface area contributed by atoms with Crippen molar-refractivity contribution in [2.75, 3.05) is 13.1 Å². The van der Waals surface area contributed by atoms with Crippen LogP contribution in [0.4, 0.5) is 0 Å². The van der Waals surface area contributed by atoms with Crippen LogP contribution in [0.2, 0.25) is 0 Å². The number of fused-ring (bicyclic) bond motifs is 1. The van der Waals surface area contributed by atoms with Crippen molar-refractivity contribution in [3.05, 3.63) is 0 Å². The number of hydrogen-bond acceptors (Lipinski definition) is 2. The SMILES string of the molecule is Cl.NCC(=O)N1CC2CC3CC(C2)CC1C3. The van der Waals surface area contributed by atoms with Gasteiger partial charge >= 0.3 is 0 Å². The molecular formula is C12H21ClN2O. The van der Waals surface area contributed by atoms with Crippen molar-refractivity contribution in [2.24, 2.45) is 23.5 Å². The molecule has 2 atom stereocenters. The lowest BCUT2D eigenvalue weighted by Crippen LogP contribution is -2.44. The van der Waals surface area contributed by atoms with E-state index in [1.54, 1.807) is 0 Å². The number of carbonyl (C=O) groups is 1. The summed E-state index contributed by atoms with van der Waals surface area (Å²) in [6.45, 7) is 1.19. The highest BCUT2D eigenvalue weighted by Gasteiger charge is 2.43. The molecule has 4 fully saturated rings. The quantitative estimate of drug-likeness (QED) is 0.758. The molecule has 0 aromatic rings. The summed E-state index contributed by atoms with van der Waals surface area (Å²) in [6.07, 6.45) is 6.65. The molecule has 2 saturated carbocycles. The van der Waals surface area contributed by atoms with Crippen molar-refractivity contribution in [3.63, 3.8) is 0 Å². The minimum atomic E-state index is 0. The number of halogens is 1. The van der Waals surface area contributed by atoms with Crippen molar-refractivity contribution >= 4 is 18.3 Å². The van der Waals surface area contributed by atoms with Gasteiger partial charge < -0.3 is 10.6 Å². The molecule has 0 aromatic carbocycles. The van der Waals surface area contributed by atoms with E-state index in [1.807, 2.05) is 0 Å². The van der Waals surface area contributed by atoms with Crippen molar-refractivity contribution in [1.82, 2.24) is 4.90 Å². The first-order chi connectivity index (χ1) is 7.26. The summed E-state index contributed by atoms with van der Waals surface area (Å²) in [5, 5.41) is 0. The molecule has 16 heavy (non-hydrogen) atoms. The molecule has 4 rings (SSSR count). The summed E-state index contributed by atoms with van der Waals surface area (Å²) in [5.74, 6) is 2.76. The van der Waals surface area contributed by atoms with E-state index in [0.29, 0.717) is 6.04 Å². The van der Waals surface area contributed by atoms with E-state index in [-0.39, 0.29) is 24.9 Å². The van der Waals surface area contributed by atoms with E-state index >= 15 is 0 Å². The third-order valence-electron chi connectivity index (χ3n) is 4.60. The molecule has 0 spiro atoms. The Morgan fingerprint density at radius 1 is 1.06 bits per heavy atom. The number of carbonyl (C=O) groups excluding carboxylic acids is 1. The first-order valence-corrected chi connectivity index (χ1v) is 6.25. The van der Waals surface area contributed by atoms with E-state index in [2.05, 4.69) is 4.90 Å². The Morgan fingerprint density at radius 2 is 1.62 bits per heavy atom. The summed E-state index contributed by atoms with van der Waals surface area (Å²) in [6, 6.07) is 0.525. The van der Waals surface area contributed by atoms with Crippen molar-refractivity contribution in [1.29, 1.82) is 0 Å². The molecule has 4 aliphatic rings. The molecule has 4 bridgehead atoms. The maximum atomic E-state index is 11.8. The van der Waals surface area contributed by atoms with Gasteiger partial charge in [-0.05, 0) is 49.9 Å². The molecule has 2 unspecified atom stereocenters. The van der Waals surface area contributed by atoms with Crippen LogP contribution >= 0.6 is 12.4 Å². The minimum absolute atomic E-state index is 0. The molecule has 2 heterocycles. The summed E-state index contributed by atoms with van der Waals surface area (Å²) >= 11 is 0. The fraction of sp³-hybridized carbons (Fsp3) is 0.917. The fourth-order valence-corrected chi connectivity index (χ4v) is 4.21. The fourth-order valence-electron chi connectivity index (χ4n) is 4.21. The van der Waals surface area contributed by atoms with Gasteiger partial charge in [-0.2, -0.15) is 0 Å². The highest BCUT2D eigenvalue weighted by molar-refractivity contribution is 5.85. The number of hydrogen-bond donors (Lipinski definition) is 1. The maximum Gasteiger partial charge on any atom is 0.236 e. The molecule has 92 valence electrons. The Bertz CT molecular complexity index is 270. The third-order valence-corrected chi connectivity index (χ3v) is 4.60. The largest absolute Gasteiger partial charge is 0.338 e. The molecule has 2 saturated heterocycles. The van der Waals surface area contributed by atoms with Crippen molar-refractivity contribution < 1.29 is 4.79 Å². The van der Waals surface area contributed by atoms with E-state index < -0.39 is 0 Å². The predicted molar refractivity (Wildman–Crippen MR) is 65.4 cm³/mol. The average molecular weight is 245 g/mol. The molecule has 0 aromatic heterocycles. The zero-order valence-corrected chi connectivity index (χ0v) is 10.4. The molecule has 2 aliphatic heterocycles. The molecular weight excluding hydrogens is 224 g/mol. The number of rotatable bonds is 1. The maximum absolute atomic E-state index is 11.8. The van der Waals surface area contributed by atoms with Gasteiger partial charge in [0, 0.05) is 12.6 Å². The Balaban J connectivity index is 0.000000963. The summed E-state index contributed by atoms with van der Waals surface area (Å²) in [4.78, 5) is 13.9. The van der Waals surface area contributed by atoms with Crippen LogP contribution in [0.25, 0.3) is 0 Å². The van der Waals surface area contributed by atoms with Gasteiger partial charge in [0.1, 0.15) is 0 Å². The summed E-state index contributed by atoms with van der Waals surface area (Å²) < 4.78 is 0. The lowest BCUT2D eigenvalue weighted by molar-refractivity contribution is -0.132. The lowest BCUT2D eigenvalue weighted by atomic mass is 9.68. The number of amides is 1. The molecule has 1 amide bonds. The first-order valence-electron chi connectivity index (χ1n) is 6.25. The highest BCUT2D eigenvalue weighted by Crippen LogP contribution is 2.47. The molecule has 3 nitrogen and oxygen atoms in total. The van der Waals surface area contributed by atoms with E-state index in [0.717, 1.165) is 24.3 Å². The Labute approximate surface area is 103 Å². The smallest absolute Gasteiger partial charge is 0.236 e. The third kappa shape index (κ3) is 1.95. The molecule has 4 heteroatoms. The minimum Gasteiger partial charge on any atom is -0.338 e. The second kappa shape index (κ2) is 4.53. The summed E-state index contributed by atoms with van der Waals surface area (Å²) in [5.41, 5.74) is 5.49. The zero-order chi connectivity index (χ0) is 10.4. The standard InChI is InChI=1S/C12H20N2O.ClH/c13-6-12(15)14-7-10-2-8-1-9(3-10)5-11(14)4-8;/h8-11H,1-7,13H2;1H. The molecule has 2 aliphatic carbocycles. The number of nitrogens with zero attached hydrogens (tertiary/aromatic N) is 1. The van der Waals surface area contributed by atoms with Crippen LogP contribution in [-0.4, -0.2) is 29.9 Å². The van der Waals surface area contributed by atoms with Crippen LogP contribution in [0, 0.1) is 17.8 Å².